The van der Waals surface area contributed by atoms with E-state index in [0.29, 0.717) is 6.10 Å². The van der Waals surface area contributed by atoms with Crippen LogP contribution < -0.4 is 11.3 Å². The Morgan fingerprint density at radius 1 is 1.33 bits per heavy atom. The van der Waals surface area contributed by atoms with Crippen molar-refractivity contribution in [2.75, 3.05) is 6.61 Å². The zero-order chi connectivity index (χ0) is 13.0. The van der Waals surface area contributed by atoms with Gasteiger partial charge < -0.3 is 4.74 Å². The Bertz CT molecular complexity index is 357. The first-order valence-corrected chi connectivity index (χ1v) is 6.87. The quantitative estimate of drug-likeness (QED) is 0.601. The Hall–Kier alpha value is -0.900. The predicted molar refractivity (Wildman–Crippen MR) is 74.0 cm³/mol. The summed E-state index contributed by atoms with van der Waals surface area (Å²) in [5.41, 5.74) is 5.51. The summed E-state index contributed by atoms with van der Waals surface area (Å²) in [4.78, 5) is 0. The minimum absolute atomic E-state index is 0.262. The summed E-state index contributed by atoms with van der Waals surface area (Å²) in [5.74, 6) is 6.42. The Kier molecular flexibility index (Phi) is 4.75. The smallest absolute Gasteiger partial charge is 0.0580 e. The van der Waals surface area contributed by atoms with Gasteiger partial charge in [-0.15, -0.1) is 0 Å². The van der Waals surface area contributed by atoms with Crippen molar-refractivity contribution < 1.29 is 4.74 Å². The van der Waals surface area contributed by atoms with E-state index in [-0.39, 0.29) is 6.04 Å². The molecule has 0 amide bonds. The molecule has 0 aliphatic heterocycles. The van der Waals surface area contributed by atoms with Crippen LogP contribution in [0.5, 0.6) is 0 Å². The first kappa shape index (κ1) is 13.5. The molecule has 0 heterocycles. The molecule has 1 saturated carbocycles. The lowest BCUT2D eigenvalue weighted by atomic mass is 9.77. The summed E-state index contributed by atoms with van der Waals surface area (Å²) in [7, 11) is 0. The van der Waals surface area contributed by atoms with Gasteiger partial charge in [-0.05, 0) is 44.6 Å². The molecule has 1 aliphatic carbocycles. The van der Waals surface area contributed by atoms with Crippen LogP contribution in [0.1, 0.15) is 43.4 Å². The van der Waals surface area contributed by atoms with E-state index < -0.39 is 0 Å². The van der Waals surface area contributed by atoms with Gasteiger partial charge in [-0.3, -0.25) is 11.3 Å². The van der Waals surface area contributed by atoms with E-state index in [1.807, 2.05) is 0 Å². The van der Waals surface area contributed by atoms with Crippen LogP contribution in [0, 0.1) is 12.8 Å². The molecule has 1 unspecified atom stereocenters. The van der Waals surface area contributed by atoms with Crippen LogP contribution >= 0.6 is 0 Å². The zero-order valence-corrected chi connectivity index (χ0v) is 11.4. The monoisotopic (exact) mass is 248 g/mol. The number of nitrogens with two attached hydrogens (primary N) is 1. The summed E-state index contributed by atoms with van der Waals surface area (Å²) in [5, 5.41) is 0. The van der Waals surface area contributed by atoms with E-state index in [9.17, 15) is 0 Å². The van der Waals surface area contributed by atoms with Crippen LogP contribution in [0.15, 0.2) is 24.3 Å². The third-order valence-corrected chi connectivity index (χ3v) is 3.84. The van der Waals surface area contributed by atoms with Crippen LogP contribution in [0.4, 0.5) is 0 Å². The average molecular weight is 248 g/mol. The predicted octanol–water partition coefficient (Wildman–Crippen LogP) is 2.70. The van der Waals surface area contributed by atoms with E-state index >= 15 is 0 Å². The number of benzene rings is 1. The van der Waals surface area contributed by atoms with Crippen LogP contribution in [0.2, 0.25) is 0 Å². The summed E-state index contributed by atoms with van der Waals surface area (Å²) < 4.78 is 5.59. The van der Waals surface area contributed by atoms with Crippen LogP contribution in [0.25, 0.3) is 0 Å². The normalized spacial score (nSPS) is 24.6. The second-order valence-electron chi connectivity index (χ2n) is 5.28. The van der Waals surface area contributed by atoms with Crippen LogP contribution in [-0.2, 0) is 4.74 Å². The summed E-state index contributed by atoms with van der Waals surface area (Å²) in [6.07, 6.45) is 3.94. The van der Waals surface area contributed by atoms with Crippen molar-refractivity contribution in [1.82, 2.24) is 5.43 Å². The van der Waals surface area contributed by atoms with Gasteiger partial charge in [0.2, 0.25) is 0 Å². The summed E-state index contributed by atoms with van der Waals surface area (Å²) in [6.45, 7) is 4.99. The number of nitrogens with one attached hydrogen (secondary N) is 1. The Balaban J connectivity index is 1.85. The first-order chi connectivity index (χ1) is 8.72. The average Bonchev–Trinajstić information content (AvgIpc) is 2.33. The zero-order valence-electron chi connectivity index (χ0n) is 11.4. The molecule has 0 radical (unpaired) electrons. The number of rotatable bonds is 6. The molecule has 2 rings (SSSR count). The van der Waals surface area contributed by atoms with Gasteiger partial charge in [0.1, 0.15) is 0 Å². The lowest BCUT2D eigenvalue weighted by Crippen LogP contribution is -2.36. The van der Waals surface area contributed by atoms with E-state index in [1.54, 1.807) is 0 Å². The van der Waals surface area contributed by atoms with E-state index in [2.05, 4.69) is 43.5 Å². The van der Waals surface area contributed by atoms with Crippen molar-refractivity contribution >= 4 is 0 Å². The molecule has 1 fully saturated rings. The summed E-state index contributed by atoms with van der Waals surface area (Å²) in [6, 6.07) is 8.88. The maximum absolute atomic E-state index is 5.68. The number of hydrazine groups is 1. The van der Waals surface area contributed by atoms with Gasteiger partial charge >= 0.3 is 0 Å². The minimum Gasteiger partial charge on any atom is -0.378 e. The van der Waals surface area contributed by atoms with Crippen molar-refractivity contribution in [1.29, 1.82) is 0 Å². The number of hydrogen-bond acceptors (Lipinski definition) is 3. The van der Waals surface area contributed by atoms with Crippen LogP contribution in [-0.4, -0.2) is 12.7 Å². The number of aryl methyl sites for hydroxylation is 1. The lowest BCUT2D eigenvalue weighted by Gasteiger charge is -2.37. The third kappa shape index (κ3) is 3.31. The van der Waals surface area contributed by atoms with Gasteiger partial charge in [0.25, 0.3) is 0 Å². The maximum atomic E-state index is 5.68. The Morgan fingerprint density at radius 2 is 2.00 bits per heavy atom. The molecule has 1 aromatic rings. The third-order valence-electron chi connectivity index (χ3n) is 3.84. The molecule has 3 heteroatoms. The molecule has 1 aromatic carbocycles. The maximum Gasteiger partial charge on any atom is 0.0580 e. The highest BCUT2D eigenvalue weighted by atomic mass is 16.5. The highest BCUT2D eigenvalue weighted by Crippen LogP contribution is 2.36. The fourth-order valence-corrected chi connectivity index (χ4v) is 2.67. The molecule has 3 nitrogen and oxygen atoms in total. The fraction of sp³-hybridized carbons (Fsp3) is 0.600. The van der Waals surface area contributed by atoms with Gasteiger partial charge in [0.15, 0.2) is 0 Å². The molecule has 3 N–H and O–H groups in total. The van der Waals surface area contributed by atoms with E-state index in [1.165, 1.54) is 24.0 Å². The van der Waals surface area contributed by atoms with Gasteiger partial charge in [0.05, 0.1) is 6.10 Å². The standard InChI is InChI=1S/C15H24N2O/c1-3-18-14-8-12(9-14)10-15(17-16)13-6-4-11(2)5-7-13/h4-7,12,14-15,17H,3,8-10,16H2,1-2H3. The van der Waals surface area contributed by atoms with Gasteiger partial charge in [-0.1, -0.05) is 29.8 Å². The molecule has 0 saturated heterocycles. The topological polar surface area (TPSA) is 47.3 Å². The van der Waals surface area contributed by atoms with Crippen LogP contribution in [0.3, 0.4) is 0 Å². The second kappa shape index (κ2) is 6.32. The molecule has 18 heavy (non-hydrogen) atoms. The first-order valence-electron chi connectivity index (χ1n) is 6.87. The van der Waals surface area contributed by atoms with Gasteiger partial charge in [-0.25, -0.2) is 0 Å². The second-order valence-corrected chi connectivity index (χ2v) is 5.28. The molecule has 0 spiro atoms. The lowest BCUT2D eigenvalue weighted by molar-refractivity contribution is -0.0291. The number of hydrogen-bond donors (Lipinski definition) is 2. The van der Waals surface area contributed by atoms with E-state index in [4.69, 9.17) is 10.6 Å². The van der Waals surface area contributed by atoms with Gasteiger partial charge in [-0.2, -0.15) is 0 Å². The molecule has 1 atom stereocenters. The highest BCUT2D eigenvalue weighted by Gasteiger charge is 2.31. The number of ether oxygens (including phenoxy) is 1. The largest absolute Gasteiger partial charge is 0.378 e. The molecular formula is C15H24N2O. The molecule has 100 valence electrons. The summed E-state index contributed by atoms with van der Waals surface area (Å²) >= 11 is 0. The highest BCUT2D eigenvalue weighted by molar-refractivity contribution is 5.24. The van der Waals surface area contributed by atoms with Crippen molar-refractivity contribution in [3.63, 3.8) is 0 Å². The molecule has 1 aliphatic rings. The SMILES string of the molecule is CCOC1CC(CC(NN)c2ccc(C)cc2)C1. The molecular weight excluding hydrogens is 224 g/mol. The molecule has 0 bridgehead atoms. The minimum atomic E-state index is 0.262. The Morgan fingerprint density at radius 3 is 2.56 bits per heavy atom. The van der Waals surface area contributed by atoms with Crippen molar-refractivity contribution in [2.24, 2.45) is 11.8 Å². The van der Waals surface area contributed by atoms with E-state index in [0.717, 1.165) is 18.9 Å². The van der Waals surface area contributed by atoms with Crippen molar-refractivity contribution in [2.45, 2.75) is 45.3 Å². The molecule has 0 aromatic heterocycles. The fourth-order valence-electron chi connectivity index (χ4n) is 2.67. The van der Waals surface area contributed by atoms with Crippen molar-refractivity contribution in [3.05, 3.63) is 35.4 Å². The Labute approximate surface area is 110 Å². The van der Waals surface area contributed by atoms with Gasteiger partial charge in [0, 0.05) is 12.6 Å². The van der Waals surface area contributed by atoms with Crippen molar-refractivity contribution in [3.8, 4) is 0 Å².